The Labute approximate surface area is 141 Å². The molecule has 0 saturated carbocycles. The van der Waals surface area contributed by atoms with Crippen molar-refractivity contribution >= 4 is 42.0 Å². The first kappa shape index (κ1) is 19.1. The topological polar surface area (TPSA) is 214 Å². The van der Waals surface area contributed by atoms with Crippen LogP contribution in [0.25, 0.3) is 0 Å². The molecular weight excluding hydrogens is 404 g/mol. The van der Waals surface area contributed by atoms with Crippen LogP contribution in [0.5, 0.6) is 0 Å². The SMILES string of the molecule is O=S(=O)(O)c1ccc(Nc2n[c]nc(S(=O)(=O)O)n2)c(S(=O)(=O)O)c1. The number of aromatic nitrogens is 3. The minimum atomic E-state index is -4.96. The van der Waals surface area contributed by atoms with Crippen molar-refractivity contribution in [3.63, 3.8) is 0 Å². The van der Waals surface area contributed by atoms with Gasteiger partial charge in [-0.1, -0.05) is 0 Å². The molecule has 135 valence electrons. The highest BCUT2D eigenvalue weighted by molar-refractivity contribution is 7.86. The Morgan fingerprint density at radius 1 is 0.880 bits per heavy atom. The van der Waals surface area contributed by atoms with Crippen molar-refractivity contribution in [2.24, 2.45) is 0 Å². The van der Waals surface area contributed by atoms with E-state index in [2.05, 4.69) is 20.3 Å². The second kappa shape index (κ2) is 6.24. The summed E-state index contributed by atoms with van der Waals surface area (Å²) in [6, 6.07) is 2.08. The molecular formula is C9H7N4O9S3. The second-order valence-electron chi connectivity index (χ2n) is 4.25. The summed E-state index contributed by atoms with van der Waals surface area (Å²) in [5.74, 6) is -0.591. The molecule has 0 atom stereocenters. The van der Waals surface area contributed by atoms with E-state index >= 15 is 0 Å². The molecule has 13 nitrogen and oxygen atoms in total. The Kier molecular flexibility index (Phi) is 4.77. The molecule has 1 heterocycles. The normalized spacial score (nSPS) is 12.8. The molecule has 0 aliphatic heterocycles. The van der Waals surface area contributed by atoms with E-state index in [1.165, 1.54) is 0 Å². The van der Waals surface area contributed by atoms with Crippen LogP contribution in [0.4, 0.5) is 11.6 Å². The van der Waals surface area contributed by atoms with E-state index in [4.69, 9.17) is 9.11 Å². The van der Waals surface area contributed by atoms with E-state index in [-0.39, 0.29) is 0 Å². The molecule has 0 spiro atoms. The Morgan fingerprint density at radius 2 is 1.52 bits per heavy atom. The van der Waals surface area contributed by atoms with Crippen molar-refractivity contribution in [1.29, 1.82) is 0 Å². The zero-order valence-electron chi connectivity index (χ0n) is 11.6. The molecule has 0 aliphatic carbocycles. The lowest BCUT2D eigenvalue weighted by Crippen LogP contribution is -2.10. The third-order valence-electron chi connectivity index (χ3n) is 2.51. The monoisotopic (exact) mass is 411 g/mol. The van der Waals surface area contributed by atoms with Gasteiger partial charge in [0.25, 0.3) is 25.4 Å². The summed E-state index contributed by atoms with van der Waals surface area (Å²) in [5, 5.41) is 1.10. The molecule has 0 unspecified atom stereocenters. The van der Waals surface area contributed by atoms with Crippen LogP contribution in [0.3, 0.4) is 0 Å². The predicted octanol–water partition coefficient (Wildman–Crippen LogP) is -0.845. The summed E-state index contributed by atoms with van der Waals surface area (Å²) in [5.41, 5.74) is -0.462. The molecule has 0 saturated heterocycles. The smallest absolute Gasteiger partial charge is 0.323 e. The molecule has 2 aromatic rings. The predicted molar refractivity (Wildman–Crippen MR) is 77.8 cm³/mol. The van der Waals surface area contributed by atoms with Gasteiger partial charge in [-0.2, -0.15) is 40.2 Å². The van der Waals surface area contributed by atoms with Gasteiger partial charge in [-0.15, -0.1) is 0 Å². The lowest BCUT2D eigenvalue weighted by Gasteiger charge is -2.10. The van der Waals surface area contributed by atoms with Gasteiger partial charge in [-0.3, -0.25) is 13.7 Å². The maximum Gasteiger partial charge on any atom is 0.330 e. The first-order chi connectivity index (χ1) is 11.3. The lowest BCUT2D eigenvalue weighted by atomic mass is 10.3. The van der Waals surface area contributed by atoms with Crippen LogP contribution in [0, 0.1) is 6.33 Å². The quantitative estimate of drug-likeness (QED) is 0.442. The van der Waals surface area contributed by atoms with Crippen LogP contribution in [0.15, 0.2) is 33.1 Å². The molecule has 0 aliphatic rings. The number of rotatable bonds is 5. The maximum absolute atomic E-state index is 11.4. The molecule has 25 heavy (non-hydrogen) atoms. The molecule has 0 amide bonds. The van der Waals surface area contributed by atoms with Gasteiger partial charge in [0.1, 0.15) is 4.90 Å². The van der Waals surface area contributed by atoms with E-state index in [9.17, 15) is 29.8 Å². The number of anilines is 2. The molecule has 2 rings (SSSR count). The second-order valence-corrected chi connectivity index (χ2v) is 8.38. The van der Waals surface area contributed by atoms with Crippen LogP contribution in [0.2, 0.25) is 0 Å². The van der Waals surface area contributed by atoms with E-state index < -0.39 is 56.9 Å². The van der Waals surface area contributed by atoms with Gasteiger partial charge in [0.05, 0.1) is 10.6 Å². The summed E-state index contributed by atoms with van der Waals surface area (Å²) in [4.78, 5) is 7.91. The van der Waals surface area contributed by atoms with Crippen molar-refractivity contribution in [3.8, 4) is 0 Å². The Hall–Kier alpha value is -2.24. The summed E-state index contributed by atoms with van der Waals surface area (Å²) < 4.78 is 93.7. The molecule has 0 bridgehead atoms. The first-order valence-corrected chi connectivity index (χ1v) is 10.1. The van der Waals surface area contributed by atoms with Crippen molar-refractivity contribution in [2.75, 3.05) is 5.32 Å². The third-order valence-corrected chi connectivity index (χ3v) is 4.90. The van der Waals surface area contributed by atoms with Gasteiger partial charge in [0.15, 0.2) is 0 Å². The average molecular weight is 411 g/mol. The molecule has 1 aromatic heterocycles. The van der Waals surface area contributed by atoms with Gasteiger partial charge < -0.3 is 5.32 Å². The molecule has 1 radical (unpaired) electrons. The zero-order chi connectivity index (χ0) is 19.0. The fraction of sp³-hybridized carbons (Fsp3) is 0. The van der Waals surface area contributed by atoms with Crippen molar-refractivity contribution in [3.05, 3.63) is 24.5 Å². The number of benzene rings is 1. The van der Waals surface area contributed by atoms with Gasteiger partial charge >= 0.3 is 10.1 Å². The van der Waals surface area contributed by atoms with Crippen LogP contribution in [-0.2, 0) is 30.4 Å². The van der Waals surface area contributed by atoms with E-state index in [1.54, 1.807) is 0 Å². The highest BCUT2D eigenvalue weighted by atomic mass is 32.2. The Bertz CT molecular complexity index is 1140. The van der Waals surface area contributed by atoms with Crippen molar-refractivity contribution in [1.82, 2.24) is 15.0 Å². The number of nitrogens with zero attached hydrogens (tertiary/aromatic N) is 3. The third kappa shape index (κ3) is 4.65. The largest absolute Gasteiger partial charge is 0.330 e. The fourth-order valence-electron chi connectivity index (χ4n) is 1.53. The van der Waals surface area contributed by atoms with Crippen LogP contribution >= 0.6 is 0 Å². The molecule has 0 fully saturated rings. The summed E-state index contributed by atoms with van der Waals surface area (Å²) in [6.45, 7) is 0. The number of nitrogens with one attached hydrogen (secondary N) is 1. The van der Waals surface area contributed by atoms with Crippen molar-refractivity contribution < 1.29 is 38.9 Å². The lowest BCUT2D eigenvalue weighted by molar-refractivity contribution is 0.472. The minimum absolute atomic E-state index is 0.446. The minimum Gasteiger partial charge on any atom is -0.323 e. The average Bonchev–Trinajstić information content (AvgIpc) is 2.44. The summed E-state index contributed by atoms with van der Waals surface area (Å²) >= 11 is 0. The Morgan fingerprint density at radius 3 is 2.04 bits per heavy atom. The van der Waals surface area contributed by atoms with Crippen molar-refractivity contribution in [2.45, 2.75) is 14.9 Å². The molecule has 16 heteroatoms. The fourth-order valence-corrected chi connectivity index (χ4v) is 3.14. The first-order valence-electron chi connectivity index (χ1n) is 5.74. The van der Waals surface area contributed by atoms with Crippen LogP contribution in [-0.4, -0.2) is 53.9 Å². The number of hydrogen-bond donors (Lipinski definition) is 4. The highest BCUT2D eigenvalue weighted by Crippen LogP contribution is 2.26. The van der Waals surface area contributed by atoms with E-state index in [0.29, 0.717) is 6.07 Å². The zero-order valence-corrected chi connectivity index (χ0v) is 14.0. The summed E-state index contributed by atoms with van der Waals surface area (Å²) in [7, 11) is -14.5. The van der Waals surface area contributed by atoms with E-state index in [0.717, 1.165) is 12.1 Å². The van der Waals surface area contributed by atoms with Crippen LogP contribution < -0.4 is 5.32 Å². The maximum atomic E-state index is 11.4. The van der Waals surface area contributed by atoms with Gasteiger partial charge in [-0.25, -0.2) is 0 Å². The van der Waals surface area contributed by atoms with Gasteiger partial charge in [-0.05, 0) is 18.2 Å². The molecule has 4 N–H and O–H groups in total. The van der Waals surface area contributed by atoms with E-state index in [1.807, 2.05) is 6.33 Å². The highest BCUT2D eigenvalue weighted by Gasteiger charge is 2.22. The van der Waals surface area contributed by atoms with Gasteiger partial charge in [0.2, 0.25) is 12.3 Å². The Balaban J connectivity index is 2.58. The standard InChI is InChI=1S/C9H7N4O9S3/c14-23(15,16)5-1-2-6(7(3-5)24(17,18)19)12-8-10-4-11-9(13-8)25(20,21)22/h1-3H,(H,14,15,16)(H,17,18,19)(H,20,21,22)(H,10,11,12,13). The summed E-state index contributed by atoms with van der Waals surface area (Å²) in [6.07, 6.45) is 1.84. The van der Waals surface area contributed by atoms with Gasteiger partial charge in [0, 0.05) is 0 Å². The molecule has 1 aromatic carbocycles. The van der Waals surface area contributed by atoms with Crippen LogP contribution in [0.1, 0.15) is 0 Å². The number of hydrogen-bond acceptors (Lipinski definition) is 10.